The van der Waals surface area contributed by atoms with Crippen LogP contribution in [0.2, 0.25) is 0 Å². The van der Waals surface area contributed by atoms with Crippen molar-refractivity contribution < 1.29 is 40.7 Å². The number of amides is 1. The molecule has 3 rings (SSSR count). The SMILES string of the molecule is Cc1ccccc1S(=O)(=O)N(CCC(=O)N1CCNCC1)Cc1ccc(F)cc1.O=C(O)C(F)(F)F. The van der Waals surface area contributed by atoms with E-state index in [1.807, 2.05) is 0 Å². The number of sulfonamides is 1. The summed E-state index contributed by atoms with van der Waals surface area (Å²) < 4.78 is 73.0. The Morgan fingerprint density at radius 2 is 1.61 bits per heavy atom. The molecule has 0 aliphatic carbocycles. The number of carbonyl (C=O) groups is 2. The molecule has 2 aromatic carbocycles. The average molecular weight is 534 g/mol. The van der Waals surface area contributed by atoms with Crippen molar-refractivity contribution >= 4 is 21.9 Å². The zero-order chi connectivity index (χ0) is 26.9. The lowest BCUT2D eigenvalue weighted by molar-refractivity contribution is -0.192. The van der Waals surface area contributed by atoms with E-state index >= 15 is 0 Å². The first-order valence-corrected chi connectivity index (χ1v) is 12.3. The summed E-state index contributed by atoms with van der Waals surface area (Å²) in [7, 11) is -3.81. The van der Waals surface area contributed by atoms with Crippen LogP contribution in [0, 0.1) is 12.7 Å². The summed E-state index contributed by atoms with van der Waals surface area (Å²) in [5, 5.41) is 10.3. The zero-order valence-electron chi connectivity index (χ0n) is 19.5. The minimum atomic E-state index is -5.08. The van der Waals surface area contributed by atoms with Gasteiger partial charge in [0.25, 0.3) is 0 Å². The van der Waals surface area contributed by atoms with Gasteiger partial charge < -0.3 is 15.3 Å². The Morgan fingerprint density at radius 3 is 2.14 bits per heavy atom. The molecule has 0 radical (unpaired) electrons. The van der Waals surface area contributed by atoms with Crippen molar-refractivity contribution in [3.63, 3.8) is 0 Å². The molecule has 36 heavy (non-hydrogen) atoms. The van der Waals surface area contributed by atoms with E-state index < -0.39 is 22.2 Å². The summed E-state index contributed by atoms with van der Waals surface area (Å²) in [6, 6.07) is 12.5. The van der Waals surface area contributed by atoms with Crippen LogP contribution in [0.1, 0.15) is 17.5 Å². The first kappa shape index (κ1) is 29.2. The standard InChI is InChI=1S/C21H26FN3O3S.C2HF3O2/c1-17-4-2-3-5-20(17)29(27,28)25(16-18-6-8-19(22)9-7-18)13-10-21(26)24-14-11-23-12-15-24;3-2(4,5)1(6)7/h2-9,23H,10-16H2,1H3;(H,6,7). The Hall–Kier alpha value is -3.03. The summed E-state index contributed by atoms with van der Waals surface area (Å²) in [4.78, 5) is 23.4. The minimum absolute atomic E-state index is 0.0596. The summed E-state index contributed by atoms with van der Waals surface area (Å²) in [5.74, 6) is -3.20. The number of carbonyl (C=O) groups excluding carboxylic acids is 1. The van der Waals surface area contributed by atoms with Crippen molar-refractivity contribution in [1.82, 2.24) is 14.5 Å². The molecule has 1 heterocycles. The molecule has 0 saturated carbocycles. The van der Waals surface area contributed by atoms with Crippen molar-refractivity contribution in [1.29, 1.82) is 0 Å². The highest BCUT2D eigenvalue weighted by atomic mass is 32.2. The quantitative estimate of drug-likeness (QED) is 0.531. The highest BCUT2D eigenvalue weighted by molar-refractivity contribution is 7.89. The molecule has 1 aliphatic heterocycles. The van der Waals surface area contributed by atoms with Gasteiger partial charge in [0.1, 0.15) is 5.82 Å². The molecular weight excluding hydrogens is 506 g/mol. The number of nitrogens with one attached hydrogen (secondary N) is 1. The molecule has 0 bridgehead atoms. The minimum Gasteiger partial charge on any atom is -0.475 e. The highest BCUT2D eigenvalue weighted by Gasteiger charge is 2.38. The van der Waals surface area contributed by atoms with E-state index in [2.05, 4.69) is 5.32 Å². The van der Waals surface area contributed by atoms with E-state index in [0.29, 0.717) is 24.2 Å². The van der Waals surface area contributed by atoms with Gasteiger partial charge in [0.15, 0.2) is 0 Å². The van der Waals surface area contributed by atoms with E-state index in [0.717, 1.165) is 13.1 Å². The number of hydrogen-bond donors (Lipinski definition) is 2. The predicted molar refractivity (Wildman–Crippen MR) is 123 cm³/mol. The fourth-order valence-corrected chi connectivity index (χ4v) is 5.01. The molecule has 0 atom stereocenters. The normalized spacial score (nSPS) is 14.2. The van der Waals surface area contributed by atoms with Gasteiger partial charge in [0.2, 0.25) is 15.9 Å². The second kappa shape index (κ2) is 12.8. The van der Waals surface area contributed by atoms with E-state index in [-0.39, 0.29) is 36.1 Å². The van der Waals surface area contributed by atoms with Crippen LogP contribution < -0.4 is 5.32 Å². The lowest BCUT2D eigenvalue weighted by atomic mass is 10.2. The van der Waals surface area contributed by atoms with Crippen LogP contribution in [0.25, 0.3) is 0 Å². The molecular formula is C23H27F4N3O5S. The molecule has 0 spiro atoms. The molecule has 8 nitrogen and oxygen atoms in total. The van der Waals surface area contributed by atoms with Crippen LogP contribution in [0.15, 0.2) is 53.4 Å². The fourth-order valence-electron chi connectivity index (χ4n) is 3.36. The number of nitrogens with zero attached hydrogens (tertiary/aromatic N) is 2. The first-order chi connectivity index (χ1) is 16.8. The Bertz CT molecular complexity index is 1140. The lowest BCUT2D eigenvalue weighted by Crippen LogP contribution is -2.47. The molecule has 1 aliphatic rings. The summed E-state index contributed by atoms with van der Waals surface area (Å²) >= 11 is 0. The maximum absolute atomic E-state index is 13.3. The molecule has 13 heteroatoms. The molecule has 1 saturated heterocycles. The van der Waals surface area contributed by atoms with Gasteiger partial charge in [-0.25, -0.2) is 17.6 Å². The van der Waals surface area contributed by atoms with Crippen molar-refractivity contribution in [2.24, 2.45) is 0 Å². The zero-order valence-corrected chi connectivity index (χ0v) is 20.3. The van der Waals surface area contributed by atoms with Crippen molar-refractivity contribution in [3.05, 3.63) is 65.5 Å². The van der Waals surface area contributed by atoms with Crippen LogP contribution in [-0.4, -0.2) is 73.5 Å². The summed E-state index contributed by atoms with van der Waals surface area (Å²) in [6.45, 7) is 4.62. The Morgan fingerprint density at radius 1 is 1.06 bits per heavy atom. The van der Waals surface area contributed by atoms with E-state index in [4.69, 9.17) is 9.90 Å². The third-order valence-electron chi connectivity index (χ3n) is 5.27. The van der Waals surface area contributed by atoms with Crippen LogP contribution in [0.3, 0.4) is 0 Å². The smallest absolute Gasteiger partial charge is 0.475 e. The molecule has 198 valence electrons. The number of aryl methyl sites for hydroxylation is 1. The lowest BCUT2D eigenvalue weighted by Gasteiger charge is -2.29. The second-order valence-corrected chi connectivity index (χ2v) is 9.82. The van der Waals surface area contributed by atoms with Crippen LogP contribution in [0.5, 0.6) is 0 Å². The molecule has 1 amide bonds. The van der Waals surface area contributed by atoms with Crippen LogP contribution >= 0.6 is 0 Å². The second-order valence-electron chi connectivity index (χ2n) is 7.91. The number of carboxylic acids is 1. The molecule has 2 aromatic rings. The van der Waals surface area contributed by atoms with Gasteiger partial charge in [-0.2, -0.15) is 17.5 Å². The van der Waals surface area contributed by atoms with Crippen molar-refractivity contribution in [2.45, 2.75) is 31.0 Å². The number of aliphatic carboxylic acids is 1. The van der Waals surface area contributed by atoms with Gasteiger partial charge in [0.05, 0.1) is 4.90 Å². The largest absolute Gasteiger partial charge is 0.490 e. The van der Waals surface area contributed by atoms with Gasteiger partial charge in [-0.3, -0.25) is 4.79 Å². The molecule has 1 fully saturated rings. The van der Waals surface area contributed by atoms with Crippen LogP contribution in [-0.2, 0) is 26.2 Å². The number of benzene rings is 2. The third-order valence-corrected chi connectivity index (χ3v) is 7.28. The Balaban J connectivity index is 0.000000572. The molecule has 2 N–H and O–H groups in total. The van der Waals surface area contributed by atoms with Crippen LogP contribution in [0.4, 0.5) is 17.6 Å². The molecule has 0 unspecified atom stereocenters. The van der Waals surface area contributed by atoms with E-state index in [1.54, 1.807) is 48.2 Å². The Kier molecular flexibility index (Phi) is 10.4. The van der Waals surface area contributed by atoms with Gasteiger partial charge in [0, 0.05) is 45.7 Å². The Labute approximate surface area is 206 Å². The summed E-state index contributed by atoms with van der Waals surface area (Å²) in [6.07, 6.45) is -4.98. The van der Waals surface area contributed by atoms with Gasteiger partial charge >= 0.3 is 12.1 Å². The fraction of sp³-hybridized carbons (Fsp3) is 0.391. The van der Waals surface area contributed by atoms with Gasteiger partial charge in [-0.1, -0.05) is 30.3 Å². The predicted octanol–water partition coefficient (Wildman–Crippen LogP) is 2.78. The third kappa shape index (κ3) is 8.57. The van der Waals surface area contributed by atoms with Crippen molar-refractivity contribution in [3.8, 4) is 0 Å². The van der Waals surface area contributed by atoms with E-state index in [1.165, 1.54) is 16.4 Å². The maximum Gasteiger partial charge on any atom is 0.490 e. The van der Waals surface area contributed by atoms with Gasteiger partial charge in [-0.05, 0) is 36.2 Å². The topological polar surface area (TPSA) is 107 Å². The number of carboxylic acid groups (broad SMARTS) is 1. The average Bonchev–Trinajstić information content (AvgIpc) is 2.83. The number of hydrogen-bond acceptors (Lipinski definition) is 5. The number of rotatable bonds is 7. The monoisotopic (exact) mass is 533 g/mol. The number of alkyl halides is 3. The summed E-state index contributed by atoms with van der Waals surface area (Å²) in [5.41, 5.74) is 1.31. The van der Waals surface area contributed by atoms with Gasteiger partial charge in [-0.15, -0.1) is 0 Å². The highest BCUT2D eigenvalue weighted by Crippen LogP contribution is 2.22. The van der Waals surface area contributed by atoms with Crippen molar-refractivity contribution in [2.75, 3.05) is 32.7 Å². The number of piperazine rings is 1. The first-order valence-electron chi connectivity index (χ1n) is 10.9. The molecule has 0 aromatic heterocycles. The maximum atomic E-state index is 13.3. The number of halogens is 4. The van der Waals surface area contributed by atoms with E-state index in [9.17, 15) is 30.8 Å².